The third-order valence-electron chi connectivity index (χ3n) is 1.52. The van der Waals surface area contributed by atoms with Crippen LogP contribution in [0.4, 0.5) is 9.59 Å². The van der Waals surface area contributed by atoms with Crippen molar-refractivity contribution in [1.82, 2.24) is 9.78 Å². The number of nitrogens with zero attached hydrogens (tertiary/aromatic N) is 3. The van der Waals surface area contributed by atoms with Gasteiger partial charge in [-0.25, -0.2) is 9.59 Å². The first-order valence-electron chi connectivity index (χ1n) is 4.56. The normalized spacial score (nSPS) is 11.4. The monoisotopic (exact) mass is 277 g/mol. The summed E-state index contributed by atoms with van der Waals surface area (Å²) in [6, 6.07) is 0. The van der Waals surface area contributed by atoms with Crippen molar-refractivity contribution in [3.63, 3.8) is 0 Å². The van der Waals surface area contributed by atoms with Crippen LogP contribution in [0.3, 0.4) is 0 Å². The summed E-state index contributed by atoms with van der Waals surface area (Å²) < 4.78 is 10.5. The Hall–Kier alpha value is -1.35. The molecular weight excluding hydrogens is 266 g/mol. The molecule has 0 fully saturated rings. The van der Waals surface area contributed by atoms with E-state index in [1.54, 1.807) is 0 Å². The smallest absolute Gasteiger partial charge is 0.437 e. The number of carbonyl (C=O) groups is 2. The van der Waals surface area contributed by atoms with Gasteiger partial charge in [0.1, 0.15) is 0 Å². The quantitative estimate of drug-likeness (QED) is 0.759. The molecule has 7 nitrogen and oxygen atoms in total. The summed E-state index contributed by atoms with van der Waals surface area (Å²) in [5, 5.41) is 3.98. The predicted octanol–water partition coefficient (Wildman–Crippen LogP) is 1.34. The van der Waals surface area contributed by atoms with E-state index in [-0.39, 0.29) is 4.80 Å². The molecule has 0 aromatic carbocycles. The third kappa shape index (κ3) is 3.56. The Kier molecular flexibility index (Phi) is 5.16. The Morgan fingerprint density at radius 1 is 1.47 bits per heavy atom. The maximum atomic E-state index is 11.4. The van der Waals surface area contributed by atoms with Crippen molar-refractivity contribution in [2.45, 2.75) is 11.3 Å². The summed E-state index contributed by atoms with van der Waals surface area (Å²) in [7, 11) is 2.43. The molecular formula is C8H11N3O4S2. The standard InChI is InChI=1S/C8H11N3O4S2/c1-4-16-7-10-11(8(13)15-3)5(17-7)9-6(12)14-2/h4H2,1-3H3. The highest BCUT2D eigenvalue weighted by Crippen LogP contribution is 2.16. The number of methoxy groups -OCH3 is 2. The van der Waals surface area contributed by atoms with E-state index in [1.165, 1.54) is 26.0 Å². The second-order valence-electron chi connectivity index (χ2n) is 2.55. The summed E-state index contributed by atoms with van der Waals surface area (Å²) in [5.74, 6) is 0.798. The molecule has 0 saturated carbocycles. The molecule has 1 aromatic rings. The third-order valence-corrected chi connectivity index (χ3v) is 3.44. The van der Waals surface area contributed by atoms with Crippen molar-refractivity contribution >= 4 is 35.3 Å². The Bertz CT molecular complexity index is 479. The van der Waals surface area contributed by atoms with Crippen LogP contribution < -0.4 is 4.80 Å². The molecule has 0 atom stereocenters. The van der Waals surface area contributed by atoms with Gasteiger partial charge >= 0.3 is 12.2 Å². The first kappa shape index (κ1) is 13.7. The molecule has 0 saturated heterocycles. The van der Waals surface area contributed by atoms with E-state index in [4.69, 9.17) is 0 Å². The van der Waals surface area contributed by atoms with Crippen LogP contribution in [-0.2, 0) is 9.47 Å². The number of hydrogen-bond acceptors (Lipinski definition) is 7. The van der Waals surface area contributed by atoms with Gasteiger partial charge < -0.3 is 9.47 Å². The van der Waals surface area contributed by atoms with Crippen LogP contribution in [0, 0.1) is 0 Å². The van der Waals surface area contributed by atoms with Crippen LogP contribution in [0.15, 0.2) is 9.33 Å². The van der Waals surface area contributed by atoms with Crippen molar-refractivity contribution in [1.29, 1.82) is 0 Å². The fraction of sp³-hybridized carbons (Fsp3) is 0.500. The highest BCUT2D eigenvalue weighted by Gasteiger charge is 2.13. The van der Waals surface area contributed by atoms with Gasteiger partial charge in [0.2, 0.25) is 4.80 Å². The van der Waals surface area contributed by atoms with Crippen LogP contribution >= 0.6 is 23.1 Å². The van der Waals surface area contributed by atoms with Gasteiger partial charge in [-0.1, -0.05) is 30.0 Å². The lowest BCUT2D eigenvalue weighted by molar-refractivity contribution is 0.167. The van der Waals surface area contributed by atoms with Crippen molar-refractivity contribution in [2.75, 3.05) is 20.0 Å². The summed E-state index contributed by atoms with van der Waals surface area (Å²) in [4.78, 5) is 26.1. The molecule has 0 aliphatic carbocycles. The summed E-state index contributed by atoms with van der Waals surface area (Å²) in [6.07, 6.45) is -1.49. The van der Waals surface area contributed by atoms with Crippen LogP contribution in [0.5, 0.6) is 0 Å². The molecule has 0 N–H and O–H groups in total. The molecule has 0 spiro atoms. The van der Waals surface area contributed by atoms with E-state index in [0.717, 1.165) is 21.8 Å². The first-order valence-corrected chi connectivity index (χ1v) is 6.36. The lowest BCUT2D eigenvalue weighted by Crippen LogP contribution is -2.25. The summed E-state index contributed by atoms with van der Waals surface area (Å²) in [6.45, 7) is 1.95. The number of amides is 1. The Balaban J connectivity index is 3.21. The fourth-order valence-corrected chi connectivity index (χ4v) is 2.65. The number of hydrogen-bond donors (Lipinski definition) is 0. The number of ether oxygens (including phenoxy) is 2. The van der Waals surface area contributed by atoms with E-state index in [0.29, 0.717) is 4.34 Å². The molecule has 9 heteroatoms. The van der Waals surface area contributed by atoms with Gasteiger partial charge in [-0.3, -0.25) is 0 Å². The Morgan fingerprint density at radius 3 is 2.71 bits per heavy atom. The second kappa shape index (κ2) is 6.40. The molecule has 0 bridgehead atoms. The summed E-state index contributed by atoms with van der Waals surface area (Å²) in [5.41, 5.74) is 0. The zero-order valence-electron chi connectivity index (χ0n) is 9.50. The zero-order chi connectivity index (χ0) is 12.8. The Morgan fingerprint density at radius 2 is 2.18 bits per heavy atom. The molecule has 1 heterocycles. The lowest BCUT2D eigenvalue weighted by atomic mass is 11.0. The summed E-state index contributed by atoms with van der Waals surface area (Å²) >= 11 is 2.56. The molecule has 1 rings (SSSR count). The largest absolute Gasteiger partial charge is 0.451 e. The minimum absolute atomic E-state index is 0.125. The van der Waals surface area contributed by atoms with Gasteiger partial charge in [-0.15, -0.1) is 14.8 Å². The van der Waals surface area contributed by atoms with Gasteiger partial charge in [0.15, 0.2) is 4.34 Å². The van der Waals surface area contributed by atoms with Crippen molar-refractivity contribution < 1.29 is 19.1 Å². The SMILES string of the molecule is CCSc1nn(C(=O)OC)c(=NC(=O)OC)s1. The molecule has 0 unspecified atom stereocenters. The second-order valence-corrected chi connectivity index (χ2v) is 5.01. The minimum atomic E-state index is -0.792. The van der Waals surface area contributed by atoms with Gasteiger partial charge in [-0.2, -0.15) is 0 Å². The molecule has 1 aromatic heterocycles. The molecule has 1 amide bonds. The van der Waals surface area contributed by atoms with E-state index in [2.05, 4.69) is 19.6 Å². The maximum Gasteiger partial charge on any atom is 0.437 e. The van der Waals surface area contributed by atoms with E-state index >= 15 is 0 Å². The predicted molar refractivity (Wildman–Crippen MR) is 62.3 cm³/mol. The van der Waals surface area contributed by atoms with Crippen molar-refractivity contribution in [3.8, 4) is 0 Å². The first-order chi connectivity index (χ1) is 8.12. The number of rotatable bonds is 2. The van der Waals surface area contributed by atoms with Crippen molar-refractivity contribution in [2.24, 2.45) is 4.99 Å². The average Bonchev–Trinajstić information content (AvgIpc) is 2.71. The number of carbonyl (C=O) groups excluding carboxylic acids is 2. The van der Waals surface area contributed by atoms with Gasteiger partial charge in [0.25, 0.3) is 0 Å². The van der Waals surface area contributed by atoms with Gasteiger partial charge in [0, 0.05) is 0 Å². The van der Waals surface area contributed by atoms with Crippen LogP contribution in [0.2, 0.25) is 0 Å². The highest BCUT2D eigenvalue weighted by atomic mass is 32.2. The van der Waals surface area contributed by atoms with E-state index in [9.17, 15) is 9.59 Å². The average molecular weight is 277 g/mol. The van der Waals surface area contributed by atoms with Crippen LogP contribution in [0.1, 0.15) is 6.92 Å². The molecule has 94 valence electrons. The molecule has 0 aliphatic heterocycles. The van der Waals surface area contributed by atoms with Crippen LogP contribution in [0.25, 0.3) is 0 Å². The molecule has 0 radical (unpaired) electrons. The highest BCUT2D eigenvalue weighted by molar-refractivity contribution is 8.00. The number of aromatic nitrogens is 2. The van der Waals surface area contributed by atoms with Gasteiger partial charge in [-0.05, 0) is 5.75 Å². The lowest BCUT2D eigenvalue weighted by Gasteiger charge is -1.96. The fourth-order valence-electron chi connectivity index (χ4n) is 0.847. The molecule has 17 heavy (non-hydrogen) atoms. The van der Waals surface area contributed by atoms with Crippen molar-refractivity contribution in [3.05, 3.63) is 4.80 Å². The van der Waals surface area contributed by atoms with Gasteiger partial charge in [0.05, 0.1) is 14.2 Å². The van der Waals surface area contributed by atoms with Crippen LogP contribution in [-0.4, -0.2) is 41.9 Å². The van der Waals surface area contributed by atoms with E-state index in [1.807, 2.05) is 6.92 Å². The zero-order valence-corrected chi connectivity index (χ0v) is 11.1. The topological polar surface area (TPSA) is 82.8 Å². The number of thioether (sulfide) groups is 1. The maximum absolute atomic E-state index is 11.4. The van der Waals surface area contributed by atoms with E-state index < -0.39 is 12.2 Å². The Labute approximate surface area is 105 Å². The molecule has 0 aliphatic rings. The minimum Gasteiger partial charge on any atom is -0.451 e.